The lowest BCUT2D eigenvalue weighted by Crippen LogP contribution is -2.26. The summed E-state index contributed by atoms with van der Waals surface area (Å²) in [7, 11) is 0. The first kappa shape index (κ1) is 11.6. The Morgan fingerprint density at radius 1 is 1.11 bits per heavy atom. The van der Waals surface area contributed by atoms with Crippen molar-refractivity contribution >= 4 is 10.9 Å². The summed E-state index contributed by atoms with van der Waals surface area (Å²) in [5, 5.41) is 12.0. The topological polar surface area (TPSA) is 42.4 Å². The lowest BCUT2D eigenvalue weighted by molar-refractivity contribution is 0.0158. The fourth-order valence-electron chi connectivity index (χ4n) is 2.71. The highest BCUT2D eigenvalue weighted by Gasteiger charge is 2.31. The van der Waals surface area contributed by atoms with Crippen LogP contribution in [-0.4, -0.2) is 23.3 Å². The van der Waals surface area contributed by atoms with E-state index in [1.165, 1.54) is 0 Å². The SMILES string of the molecule is OC1(c2cccc3ncccc23)CCCOCC1. The van der Waals surface area contributed by atoms with Gasteiger partial charge in [-0.15, -0.1) is 0 Å². The second-order valence-corrected chi connectivity index (χ2v) is 4.87. The molecule has 2 aromatic rings. The third kappa shape index (κ3) is 2.00. The van der Waals surface area contributed by atoms with E-state index in [1.54, 1.807) is 6.20 Å². The van der Waals surface area contributed by atoms with Gasteiger partial charge in [0.2, 0.25) is 0 Å². The Balaban J connectivity index is 2.12. The van der Waals surface area contributed by atoms with Crippen molar-refractivity contribution < 1.29 is 9.84 Å². The molecule has 1 atom stereocenters. The molecule has 3 nitrogen and oxygen atoms in total. The van der Waals surface area contributed by atoms with E-state index in [4.69, 9.17) is 4.74 Å². The Morgan fingerprint density at radius 3 is 3.00 bits per heavy atom. The molecule has 0 spiro atoms. The minimum atomic E-state index is -0.779. The molecular weight excluding hydrogens is 226 g/mol. The van der Waals surface area contributed by atoms with Gasteiger partial charge in [0.25, 0.3) is 0 Å². The lowest BCUT2D eigenvalue weighted by atomic mass is 9.84. The molecule has 3 heteroatoms. The van der Waals surface area contributed by atoms with Crippen molar-refractivity contribution in [3.8, 4) is 0 Å². The van der Waals surface area contributed by atoms with E-state index in [0.29, 0.717) is 13.0 Å². The maximum atomic E-state index is 10.9. The zero-order chi connectivity index (χ0) is 12.4. The van der Waals surface area contributed by atoms with Gasteiger partial charge in [-0.3, -0.25) is 4.98 Å². The van der Waals surface area contributed by atoms with E-state index in [1.807, 2.05) is 30.3 Å². The Morgan fingerprint density at radius 2 is 2.06 bits per heavy atom. The summed E-state index contributed by atoms with van der Waals surface area (Å²) in [5.41, 5.74) is 1.14. The number of hydrogen-bond acceptors (Lipinski definition) is 3. The molecule has 18 heavy (non-hydrogen) atoms. The van der Waals surface area contributed by atoms with Crippen LogP contribution in [-0.2, 0) is 10.3 Å². The van der Waals surface area contributed by atoms with Crippen LogP contribution in [0.3, 0.4) is 0 Å². The second-order valence-electron chi connectivity index (χ2n) is 4.87. The number of pyridine rings is 1. The fourth-order valence-corrected chi connectivity index (χ4v) is 2.71. The van der Waals surface area contributed by atoms with E-state index in [2.05, 4.69) is 4.98 Å². The van der Waals surface area contributed by atoms with Gasteiger partial charge in [0, 0.05) is 31.2 Å². The van der Waals surface area contributed by atoms with E-state index in [-0.39, 0.29) is 0 Å². The zero-order valence-corrected chi connectivity index (χ0v) is 10.3. The summed E-state index contributed by atoms with van der Waals surface area (Å²) in [6, 6.07) is 9.91. The maximum Gasteiger partial charge on any atom is 0.0925 e. The van der Waals surface area contributed by atoms with Crippen LogP contribution >= 0.6 is 0 Å². The van der Waals surface area contributed by atoms with Crippen molar-refractivity contribution in [1.29, 1.82) is 0 Å². The van der Waals surface area contributed by atoms with Gasteiger partial charge in [0.1, 0.15) is 0 Å². The highest BCUT2D eigenvalue weighted by Crippen LogP contribution is 2.35. The molecule has 1 N–H and O–H groups in total. The summed E-state index contributed by atoms with van der Waals surface area (Å²) in [6.45, 7) is 1.36. The number of ether oxygens (including phenoxy) is 1. The first-order valence-corrected chi connectivity index (χ1v) is 6.44. The van der Waals surface area contributed by atoms with E-state index in [0.717, 1.165) is 35.9 Å². The Hall–Kier alpha value is -1.45. The normalized spacial score (nSPS) is 24.9. The Kier molecular flexibility index (Phi) is 3.02. The van der Waals surface area contributed by atoms with Gasteiger partial charge < -0.3 is 9.84 Å². The fraction of sp³-hybridized carbons (Fsp3) is 0.400. The maximum absolute atomic E-state index is 10.9. The number of benzene rings is 1. The average molecular weight is 243 g/mol. The molecule has 1 aliphatic heterocycles. The molecule has 1 unspecified atom stereocenters. The first-order chi connectivity index (χ1) is 8.80. The molecule has 3 rings (SSSR count). The number of rotatable bonds is 1. The van der Waals surface area contributed by atoms with Gasteiger partial charge in [-0.25, -0.2) is 0 Å². The van der Waals surface area contributed by atoms with Crippen molar-refractivity contribution in [1.82, 2.24) is 4.98 Å². The van der Waals surface area contributed by atoms with Crippen molar-refractivity contribution in [2.75, 3.05) is 13.2 Å². The molecule has 0 saturated carbocycles. The van der Waals surface area contributed by atoms with Crippen LogP contribution in [0.5, 0.6) is 0 Å². The van der Waals surface area contributed by atoms with Crippen LogP contribution in [0.4, 0.5) is 0 Å². The van der Waals surface area contributed by atoms with Crippen LogP contribution in [0.25, 0.3) is 10.9 Å². The summed E-state index contributed by atoms with van der Waals surface area (Å²) in [5.74, 6) is 0. The van der Waals surface area contributed by atoms with Crippen molar-refractivity contribution in [2.45, 2.75) is 24.9 Å². The number of aromatic nitrogens is 1. The van der Waals surface area contributed by atoms with Crippen molar-refractivity contribution in [2.24, 2.45) is 0 Å². The lowest BCUT2D eigenvalue weighted by Gasteiger charge is -2.27. The van der Waals surface area contributed by atoms with Gasteiger partial charge in [-0.05, 0) is 30.5 Å². The summed E-state index contributed by atoms with van der Waals surface area (Å²) >= 11 is 0. The number of fused-ring (bicyclic) bond motifs is 1. The molecule has 1 saturated heterocycles. The third-order valence-electron chi connectivity index (χ3n) is 3.69. The standard InChI is InChI=1S/C15H17NO2/c17-15(7-3-10-18-11-8-15)13-5-1-6-14-12(13)4-2-9-16-14/h1-2,4-6,9,17H,3,7-8,10-11H2. The predicted molar refractivity (Wildman–Crippen MR) is 70.3 cm³/mol. The molecule has 0 aliphatic carbocycles. The second kappa shape index (κ2) is 4.67. The van der Waals surface area contributed by atoms with Crippen LogP contribution in [0, 0.1) is 0 Å². The largest absolute Gasteiger partial charge is 0.385 e. The van der Waals surface area contributed by atoms with Gasteiger partial charge >= 0.3 is 0 Å². The molecule has 1 aliphatic rings. The van der Waals surface area contributed by atoms with Crippen LogP contribution < -0.4 is 0 Å². The Labute approximate surface area is 106 Å². The molecular formula is C15H17NO2. The zero-order valence-electron chi connectivity index (χ0n) is 10.3. The van der Waals surface area contributed by atoms with E-state index < -0.39 is 5.60 Å². The van der Waals surface area contributed by atoms with Gasteiger partial charge in [-0.2, -0.15) is 0 Å². The monoisotopic (exact) mass is 243 g/mol. The third-order valence-corrected chi connectivity index (χ3v) is 3.69. The number of hydrogen-bond donors (Lipinski definition) is 1. The smallest absolute Gasteiger partial charge is 0.0925 e. The molecule has 2 heterocycles. The van der Waals surface area contributed by atoms with Crippen LogP contribution in [0.2, 0.25) is 0 Å². The molecule has 0 amide bonds. The summed E-state index contributed by atoms with van der Waals surface area (Å²) in [6.07, 6.45) is 4.08. The van der Waals surface area contributed by atoms with Gasteiger partial charge in [0.15, 0.2) is 0 Å². The quantitative estimate of drug-likeness (QED) is 0.837. The highest BCUT2D eigenvalue weighted by atomic mass is 16.5. The molecule has 1 fully saturated rings. The summed E-state index contributed by atoms with van der Waals surface area (Å²) < 4.78 is 5.45. The predicted octanol–water partition coefficient (Wildman–Crippen LogP) is 2.62. The average Bonchev–Trinajstić information content (AvgIpc) is 2.64. The molecule has 1 aromatic heterocycles. The minimum Gasteiger partial charge on any atom is -0.385 e. The van der Waals surface area contributed by atoms with Crippen molar-refractivity contribution in [3.05, 3.63) is 42.1 Å². The Bertz CT molecular complexity index is 540. The number of nitrogens with zero attached hydrogens (tertiary/aromatic N) is 1. The highest BCUT2D eigenvalue weighted by molar-refractivity contribution is 5.82. The van der Waals surface area contributed by atoms with Crippen LogP contribution in [0.1, 0.15) is 24.8 Å². The number of aliphatic hydroxyl groups is 1. The van der Waals surface area contributed by atoms with Gasteiger partial charge in [0.05, 0.1) is 11.1 Å². The van der Waals surface area contributed by atoms with E-state index >= 15 is 0 Å². The summed E-state index contributed by atoms with van der Waals surface area (Å²) in [4.78, 5) is 4.35. The van der Waals surface area contributed by atoms with Crippen LogP contribution in [0.15, 0.2) is 36.5 Å². The first-order valence-electron chi connectivity index (χ1n) is 6.44. The molecule has 0 bridgehead atoms. The minimum absolute atomic E-state index is 0.618. The molecule has 94 valence electrons. The molecule has 0 radical (unpaired) electrons. The molecule has 1 aromatic carbocycles. The van der Waals surface area contributed by atoms with Gasteiger partial charge in [-0.1, -0.05) is 18.2 Å². The van der Waals surface area contributed by atoms with E-state index in [9.17, 15) is 5.11 Å². The van der Waals surface area contributed by atoms with Crippen molar-refractivity contribution in [3.63, 3.8) is 0 Å².